The van der Waals surface area contributed by atoms with E-state index >= 15 is 0 Å². The van der Waals surface area contributed by atoms with Gasteiger partial charge in [-0.15, -0.1) is 0 Å². The quantitative estimate of drug-likeness (QED) is 0.734. The molecule has 2 rings (SSSR count). The van der Waals surface area contributed by atoms with Gasteiger partial charge < -0.3 is 5.32 Å². The Hall–Kier alpha value is -0.290. The normalized spacial score (nSPS) is 20.8. The Labute approximate surface area is 113 Å². The van der Waals surface area contributed by atoms with E-state index in [0.29, 0.717) is 19.1 Å². The second-order valence-corrected chi connectivity index (χ2v) is 6.33. The summed E-state index contributed by atoms with van der Waals surface area (Å²) in [5.74, 6) is 1.59. The fourth-order valence-electron chi connectivity index (χ4n) is 2.75. The zero-order valence-electron chi connectivity index (χ0n) is 11.8. The molecular formula is C14H25F3N2. The van der Waals surface area contributed by atoms with Crippen molar-refractivity contribution in [2.24, 2.45) is 11.8 Å². The van der Waals surface area contributed by atoms with Crippen molar-refractivity contribution >= 4 is 0 Å². The second kappa shape index (κ2) is 6.00. The van der Waals surface area contributed by atoms with Crippen LogP contribution >= 0.6 is 0 Å². The van der Waals surface area contributed by atoms with Crippen LogP contribution in [0.5, 0.6) is 0 Å². The van der Waals surface area contributed by atoms with Crippen molar-refractivity contribution in [3.8, 4) is 0 Å². The van der Waals surface area contributed by atoms with Gasteiger partial charge in [0.1, 0.15) is 0 Å². The summed E-state index contributed by atoms with van der Waals surface area (Å²) in [6.45, 7) is 4.00. The highest BCUT2D eigenvalue weighted by Crippen LogP contribution is 2.44. The molecule has 2 nitrogen and oxygen atoms in total. The van der Waals surface area contributed by atoms with Gasteiger partial charge in [0.2, 0.25) is 0 Å². The molecule has 2 aliphatic rings. The maximum Gasteiger partial charge on any atom is 0.401 e. The molecular weight excluding hydrogens is 253 g/mol. The molecule has 1 N–H and O–H groups in total. The van der Waals surface area contributed by atoms with Crippen molar-refractivity contribution in [3.05, 3.63) is 0 Å². The zero-order chi connectivity index (χ0) is 14.0. The van der Waals surface area contributed by atoms with Crippen LogP contribution in [0.3, 0.4) is 0 Å². The number of hydrogen-bond donors (Lipinski definition) is 1. The Balaban J connectivity index is 1.71. The maximum absolute atomic E-state index is 12.5. The van der Waals surface area contributed by atoms with Crippen molar-refractivity contribution in [1.29, 1.82) is 0 Å². The lowest BCUT2D eigenvalue weighted by Crippen LogP contribution is -2.45. The van der Waals surface area contributed by atoms with E-state index in [1.807, 2.05) is 13.8 Å². The predicted octanol–water partition coefficient (Wildman–Crippen LogP) is 3.04. The fourth-order valence-corrected chi connectivity index (χ4v) is 2.75. The molecule has 0 spiro atoms. The molecule has 0 aromatic heterocycles. The third kappa shape index (κ3) is 5.30. The summed E-state index contributed by atoms with van der Waals surface area (Å²) in [6.07, 6.45) is 1.08. The Morgan fingerprint density at radius 2 is 1.63 bits per heavy atom. The molecule has 2 saturated carbocycles. The van der Waals surface area contributed by atoms with Crippen molar-refractivity contribution in [2.75, 3.05) is 19.6 Å². The number of hydrogen-bond acceptors (Lipinski definition) is 2. The summed E-state index contributed by atoms with van der Waals surface area (Å²) in [6, 6.07) is 0.503. The first-order valence-corrected chi connectivity index (χ1v) is 7.41. The molecule has 0 saturated heterocycles. The number of halogens is 3. The van der Waals surface area contributed by atoms with E-state index in [9.17, 15) is 13.2 Å². The molecule has 0 amide bonds. The maximum atomic E-state index is 12.5. The van der Waals surface area contributed by atoms with Crippen molar-refractivity contribution in [1.82, 2.24) is 10.2 Å². The van der Waals surface area contributed by atoms with Crippen LogP contribution in [0.25, 0.3) is 0 Å². The number of alkyl halides is 3. The Kier molecular flexibility index (Phi) is 4.77. The highest BCUT2D eigenvalue weighted by molar-refractivity contribution is 4.96. The Bertz CT molecular complexity index is 271. The summed E-state index contributed by atoms with van der Waals surface area (Å²) in [5, 5.41) is 3.51. The van der Waals surface area contributed by atoms with Crippen LogP contribution in [0.15, 0.2) is 0 Å². The molecule has 0 heterocycles. The lowest BCUT2D eigenvalue weighted by atomic mass is 10.1. The second-order valence-electron chi connectivity index (χ2n) is 6.33. The lowest BCUT2D eigenvalue weighted by molar-refractivity contribution is -0.149. The van der Waals surface area contributed by atoms with E-state index in [1.165, 1.54) is 30.6 Å². The van der Waals surface area contributed by atoms with Crippen molar-refractivity contribution in [2.45, 2.75) is 57.8 Å². The SMILES string of the molecule is CC(C)N(CCNC(C1CC1)C1CC1)CC(F)(F)F. The Morgan fingerprint density at radius 3 is 2.00 bits per heavy atom. The summed E-state index contributed by atoms with van der Waals surface area (Å²) in [4.78, 5) is 1.50. The lowest BCUT2D eigenvalue weighted by Gasteiger charge is -2.28. The van der Waals surface area contributed by atoms with E-state index in [2.05, 4.69) is 5.32 Å². The van der Waals surface area contributed by atoms with E-state index in [4.69, 9.17) is 0 Å². The highest BCUT2D eigenvalue weighted by Gasteiger charge is 2.41. The van der Waals surface area contributed by atoms with Gasteiger partial charge in [0.25, 0.3) is 0 Å². The molecule has 112 valence electrons. The molecule has 0 bridgehead atoms. The molecule has 0 aromatic carbocycles. The molecule has 19 heavy (non-hydrogen) atoms. The van der Waals surface area contributed by atoms with Gasteiger partial charge in [-0.2, -0.15) is 13.2 Å². The molecule has 0 radical (unpaired) electrons. The van der Waals surface area contributed by atoms with Gasteiger partial charge in [-0.25, -0.2) is 0 Å². The molecule has 2 aliphatic carbocycles. The number of nitrogens with zero attached hydrogens (tertiary/aromatic N) is 1. The van der Waals surface area contributed by atoms with Gasteiger partial charge in [-0.05, 0) is 51.4 Å². The number of rotatable bonds is 8. The van der Waals surface area contributed by atoms with Gasteiger partial charge in [0.05, 0.1) is 6.54 Å². The average molecular weight is 278 g/mol. The molecule has 0 atom stereocenters. The molecule has 5 heteroatoms. The number of nitrogens with one attached hydrogen (secondary N) is 1. The molecule has 2 fully saturated rings. The van der Waals surface area contributed by atoms with Crippen LogP contribution in [0.2, 0.25) is 0 Å². The minimum atomic E-state index is -4.10. The summed E-state index contributed by atoms with van der Waals surface area (Å²) < 4.78 is 37.4. The largest absolute Gasteiger partial charge is 0.401 e. The van der Waals surface area contributed by atoms with Crippen LogP contribution < -0.4 is 5.32 Å². The smallest absolute Gasteiger partial charge is 0.312 e. The summed E-state index contributed by atoms with van der Waals surface area (Å²) in [7, 11) is 0. The predicted molar refractivity (Wildman–Crippen MR) is 70.0 cm³/mol. The molecule has 0 aliphatic heterocycles. The van der Waals surface area contributed by atoms with Crippen LogP contribution in [0.1, 0.15) is 39.5 Å². The average Bonchev–Trinajstić information content (AvgIpc) is 3.13. The monoisotopic (exact) mass is 278 g/mol. The van der Waals surface area contributed by atoms with Crippen LogP contribution in [-0.2, 0) is 0 Å². The van der Waals surface area contributed by atoms with Gasteiger partial charge in [0, 0.05) is 25.2 Å². The third-order valence-corrected chi connectivity index (χ3v) is 4.15. The third-order valence-electron chi connectivity index (χ3n) is 4.15. The standard InChI is InChI=1S/C14H25F3N2/c1-10(2)19(9-14(15,16)17)8-7-18-13(11-3-4-11)12-5-6-12/h10-13,18H,3-9H2,1-2H3. The van der Waals surface area contributed by atoms with Crippen LogP contribution in [-0.4, -0.2) is 42.8 Å². The summed E-state index contributed by atoms with van der Waals surface area (Å²) in [5.41, 5.74) is 0. The van der Waals surface area contributed by atoms with Crippen LogP contribution in [0, 0.1) is 11.8 Å². The first kappa shape index (κ1) is 15.1. The van der Waals surface area contributed by atoms with Gasteiger partial charge in [-0.1, -0.05) is 0 Å². The van der Waals surface area contributed by atoms with Crippen molar-refractivity contribution < 1.29 is 13.2 Å². The highest BCUT2D eigenvalue weighted by atomic mass is 19.4. The first-order valence-electron chi connectivity index (χ1n) is 7.41. The molecule has 0 aromatic rings. The molecule has 0 unspecified atom stereocenters. The van der Waals surface area contributed by atoms with E-state index in [1.54, 1.807) is 0 Å². The summed E-state index contributed by atoms with van der Waals surface area (Å²) >= 11 is 0. The Morgan fingerprint density at radius 1 is 1.11 bits per heavy atom. The van der Waals surface area contributed by atoms with Crippen LogP contribution in [0.4, 0.5) is 13.2 Å². The van der Waals surface area contributed by atoms with E-state index < -0.39 is 12.7 Å². The fraction of sp³-hybridized carbons (Fsp3) is 1.00. The minimum absolute atomic E-state index is 0.0660. The zero-order valence-corrected chi connectivity index (χ0v) is 11.8. The van der Waals surface area contributed by atoms with Gasteiger partial charge in [0.15, 0.2) is 0 Å². The minimum Gasteiger partial charge on any atom is -0.312 e. The van der Waals surface area contributed by atoms with E-state index in [0.717, 1.165) is 11.8 Å². The first-order chi connectivity index (χ1) is 8.87. The topological polar surface area (TPSA) is 15.3 Å². The van der Waals surface area contributed by atoms with Gasteiger partial charge in [-0.3, -0.25) is 4.90 Å². The van der Waals surface area contributed by atoms with Crippen molar-refractivity contribution in [3.63, 3.8) is 0 Å². The van der Waals surface area contributed by atoms with Gasteiger partial charge >= 0.3 is 6.18 Å². The van der Waals surface area contributed by atoms with E-state index in [-0.39, 0.29) is 6.04 Å².